The second-order valence-corrected chi connectivity index (χ2v) is 25.1. The summed E-state index contributed by atoms with van der Waals surface area (Å²) in [5, 5.41) is 27.5. The summed E-state index contributed by atoms with van der Waals surface area (Å²) in [6.45, 7) is 0. The molecule has 0 N–H and O–H groups in total. The SMILES string of the molecule is Fc1ccc(-n2c3ccc(-c4ccc5ccc6cccc7ccc4c5c67)c4ccc5c(-c6ccc7ccc8cc(-c9cccc(-c%10ccc%11c%12c%10ccc%10c(-c%13ccccc%13)ccc(c%10%12)n%11-c%10ccc%11ccccc%11c%10)c9)cc9ccc6c7c89)ccc2c5c43)cc1. The second kappa shape index (κ2) is 18.1. The molecule has 21 aromatic rings. The second-order valence-electron chi connectivity index (χ2n) is 25.1. The minimum atomic E-state index is -0.249. The van der Waals surface area contributed by atoms with E-state index in [-0.39, 0.29) is 5.82 Å². The standard InChI is InChI=1S/C88H49FN2/c89-62-25-28-63(29-26-62)90-77-44-40-69(67-30-21-54-17-16-52-12-6-13-53-23-32-73(67)83(54)81(52)53)75-36-37-76-70(41-45-78(90)88(76)87(75)77)68-31-22-55-18-19-59-47-61(48-60-24-33-74(68)84(55)82(59)60)56-14-7-15-58(46-56)66-39-43-80-86-72(66)35-34-71-65(51-9-2-1-3-10-51)38-42-79(85(71)86)91(80)64-27-20-50-8-4-5-11-57(50)49-64/h1-49H. The first-order chi connectivity index (χ1) is 45.0. The Hall–Kier alpha value is -11.9. The molecule has 0 aliphatic carbocycles. The molecule has 3 heteroatoms. The molecular weight excluding hydrogens is 1100 g/mol. The maximum atomic E-state index is 14.7. The number of fused-ring (bicyclic) bond motifs is 1. The van der Waals surface area contributed by atoms with Crippen LogP contribution in [0.25, 0.3) is 208 Å². The van der Waals surface area contributed by atoms with Crippen molar-refractivity contribution in [2.24, 2.45) is 0 Å². The summed E-state index contributed by atoms with van der Waals surface area (Å²) in [4.78, 5) is 0. The van der Waals surface area contributed by atoms with Crippen molar-refractivity contribution in [2.75, 3.05) is 0 Å². The maximum Gasteiger partial charge on any atom is 0.123 e. The first-order valence-corrected chi connectivity index (χ1v) is 31.5. The third kappa shape index (κ3) is 6.79. The highest BCUT2D eigenvalue weighted by molar-refractivity contribution is 6.34. The van der Waals surface area contributed by atoms with Gasteiger partial charge in [0.25, 0.3) is 0 Å². The van der Waals surface area contributed by atoms with E-state index < -0.39 is 0 Å². The van der Waals surface area contributed by atoms with E-state index in [1.54, 1.807) is 12.1 Å². The van der Waals surface area contributed by atoms with Crippen LogP contribution < -0.4 is 0 Å². The number of aromatic nitrogens is 2. The van der Waals surface area contributed by atoms with Crippen molar-refractivity contribution in [1.82, 2.24) is 9.13 Å². The van der Waals surface area contributed by atoms with Gasteiger partial charge in [-0.25, -0.2) is 4.39 Å². The predicted molar refractivity (Wildman–Crippen MR) is 385 cm³/mol. The number of hydrogen-bond donors (Lipinski definition) is 0. The van der Waals surface area contributed by atoms with Gasteiger partial charge in [-0.2, -0.15) is 0 Å². The number of benzene rings is 19. The van der Waals surface area contributed by atoms with E-state index in [2.05, 4.69) is 282 Å². The van der Waals surface area contributed by atoms with Gasteiger partial charge in [-0.1, -0.05) is 218 Å². The van der Waals surface area contributed by atoms with E-state index in [0.717, 1.165) is 22.4 Å². The van der Waals surface area contributed by atoms with E-state index in [4.69, 9.17) is 0 Å². The molecule has 0 fully saturated rings. The van der Waals surface area contributed by atoms with Crippen LogP contribution in [0.2, 0.25) is 0 Å². The Morgan fingerprint density at radius 3 is 1.14 bits per heavy atom. The third-order valence-electron chi connectivity index (χ3n) is 20.6. The Kier molecular flexibility index (Phi) is 9.77. The van der Waals surface area contributed by atoms with Crippen LogP contribution in [0.15, 0.2) is 297 Å². The highest BCUT2D eigenvalue weighted by atomic mass is 19.1. The molecule has 19 aromatic carbocycles. The van der Waals surface area contributed by atoms with E-state index in [1.807, 2.05) is 12.1 Å². The summed E-state index contributed by atoms with van der Waals surface area (Å²) in [7, 11) is 0. The number of halogens is 1. The van der Waals surface area contributed by atoms with Gasteiger partial charge in [0.2, 0.25) is 0 Å². The van der Waals surface area contributed by atoms with Crippen molar-refractivity contribution in [3.8, 4) is 67.0 Å². The number of rotatable bonds is 7. The Balaban J connectivity index is 0.710. The van der Waals surface area contributed by atoms with Crippen LogP contribution in [0.4, 0.5) is 4.39 Å². The monoisotopic (exact) mass is 1150 g/mol. The summed E-state index contributed by atoms with van der Waals surface area (Å²) in [6, 6.07) is 110. The van der Waals surface area contributed by atoms with Gasteiger partial charge in [0.05, 0.1) is 22.1 Å². The molecule has 21 rings (SSSR count). The molecule has 0 atom stereocenters. The molecule has 0 spiro atoms. The lowest BCUT2D eigenvalue weighted by Crippen LogP contribution is -1.94. The van der Waals surface area contributed by atoms with Gasteiger partial charge in [-0.3, -0.25) is 0 Å². The molecule has 91 heavy (non-hydrogen) atoms. The number of hydrogen-bond acceptors (Lipinski definition) is 0. The number of nitrogens with zero attached hydrogens (tertiary/aromatic N) is 2. The van der Waals surface area contributed by atoms with E-state index in [9.17, 15) is 4.39 Å². The third-order valence-corrected chi connectivity index (χ3v) is 20.6. The minimum absolute atomic E-state index is 0.249. The first kappa shape index (κ1) is 49.1. The Bertz CT molecular complexity index is 6590. The van der Waals surface area contributed by atoms with Crippen molar-refractivity contribution >= 4 is 141 Å². The van der Waals surface area contributed by atoms with E-state index >= 15 is 0 Å². The summed E-state index contributed by atoms with van der Waals surface area (Å²) in [6.07, 6.45) is 0. The van der Waals surface area contributed by atoms with Crippen LogP contribution in [-0.2, 0) is 0 Å². The molecule has 0 unspecified atom stereocenters. The van der Waals surface area contributed by atoms with Crippen molar-refractivity contribution < 1.29 is 4.39 Å². The fourth-order valence-corrected chi connectivity index (χ4v) is 16.6. The van der Waals surface area contributed by atoms with E-state index in [1.165, 1.54) is 185 Å². The molecule has 0 amide bonds. The van der Waals surface area contributed by atoms with Crippen LogP contribution >= 0.6 is 0 Å². The Morgan fingerprint density at radius 1 is 0.187 bits per heavy atom. The molecule has 2 heterocycles. The topological polar surface area (TPSA) is 9.86 Å². The minimum Gasteiger partial charge on any atom is -0.309 e. The largest absolute Gasteiger partial charge is 0.309 e. The fraction of sp³-hybridized carbons (Fsp3) is 0. The van der Waals surface area contributed by atoms with Gasteiger partial charge in [0.1, 0.15) is 5.82 Å². The van der Waals surface area contributed by atoms with Gasteiger partial charge >= 0.3 is 0 Å². The summed E-state index contributed by atoms with van der Waals surface area (Å²) >= 11 is 0. The molecule has 0 radical (unpaired) electrons. The van der Waals surface area contributed by atoms with Crippen LogP contribution in [0, 0.1) is 5.82 Å². The zero-order valence-electron chi connectivity index (χ0n) is 49.1. The van der Waals surface area contributed by atoms with E-state index in [0.29, 0.717) is 0 Å². The lowest BCUT2D eigenvalue weighted by atomic mass is 9.85. The highest BCUT2D eigenvalue weighted by Gasteiger charge is 2.26. The Labute approximate surface area is 521 Å². The van der Waals surface area contributed by atoms with Crippen molar-refractivity contribution in [2.45, 2.75) is 0 Å². The quantitative estimate of drug-likeness (QED) is 0.141. The summed E-state index contributed by atoms with van der Waals surface area (Å²) in [5.41, 5.74) is 18.8. The van der Waals surface area contributed by atoms with Crippen LogP contribution in [0.1, 0.15) is 0 Å². The van der Waals surface area contributed by atoms with Crippen molar-refractivity contribution in [3.05, 3.63) is 303 Å². The zero-order chi connectivity index (χ0) is 59.3. The lowest BCUT2D eigenvalue weighted by Gasteiger charge is -2.17. The predicted octanol–water partition coefficient (Wildman–Crippen LogP) is 24.5. The molecule has 2 nitrogen and oxygen atoms in total. The van der Waals surface area contributed by atoms with Gasteiger partial charge in [0.15, 0.2) is 0 Å². The molecule has 0 aliphatic heterocycles. The smallest absolute Gasteiger partial charge is 0.123 e. The van der Waals surface area contributed by atoms with Crippen molar-refractivity contribution in [1.29, 1.82) is 0 Å². The highest BCUT2D eigenvalue weighted by Crippen LogP contribution is 2.51. The molecule has 0 saturated carbocycles. The van der Waals surface area contributed by atoms with Crippen molar-refractivity contribution in [3.63, 3.8) is 0 Å². The normalized spacial score (nSPS) is 12.5. The van der Waals surface area contributed by atoms with Gasteiger partial charge in [-0.15, -0.1) is 0 Å². The zero-order valence-corrected chi connectivity index (χ0v) is 49.1. The molecule has 418 valence electrons. The van der Waals surface area contributed by atoms with Crippen LogP contribution in [0.5, 0.6) is 0 Å². The molecular formula is C88H49FN2. The summed E-state index contributed by atoms with van der Waals surface area (Å²) < 4.78 is 19.5. The molecule has 0 saturated heterocycles. The molecule has 0 aliphatic rings. The lowest BCUT2D eigenvalue weighted by molar-refractivity contribution is 0.627. The Morgan fingerprint density at radius 2 is 0.549 bits per heavy atom. The first-order valence-electron chi connectivity index (χ1n) is 31.5. The van der Waals surface area contributed by atoms with Gasteiger partial charge in [0, 0.05) is 32.9 Å². The van der Waals surface area contributed by atoms with Gasteiger partial charge in [-0.05, 0) is 231 Å². The van der Waals surface area contributed by atoms with Crippen LogP contribution in [-0.4, -0.2) is 9.13 Å². The molecule has 0 bridgehead atoms. The fourth-order valence-electron chi connectivity index (χ4n) is 16.6. The average Bonchev–Trinajstić information content (AvgIpc) is 1.77. The van der Waals surface area contributed by atoms with Gasteiger partial charge < -0.3 is 9.13 Å². The van der Waals surface area contributed by atoms with Crippen LogP contribution in [0.3, 0.4) is 0 Å². The average molecular weight is 1150 g/mol. The maximum absolute atomic E-state index is 14.7. The molecule has 2 aromatic heterocycles. The summed E-state index contributed by atoms with van der Waals surface area (Å²) in [5.74, 6) is -0.249.